The Hall–Kier alpha value is -1.71. The standard InChI is InChI=1S/C11H15N3O/c12-8-2-1-3-9(6-8)14-10-4-5-11(15)13-7-10/h1-3,6,10,14H,4-5,7,12H2,(H,13,15). The SMILES string of the molecule is Nc1cccc(NC2CCC(=O)NC2)c1. The van der Waals surface area contributed by atoms with Crippen LogP contribution in [-0.4, -0.2) is 18.5 Å². The Bertz CT molecular complexity index is 355. The van der Waals surface area contributed by atoms with Gasteiger partial charge in [-0.15, -0.1) is 0 Å². The molecular weight excluding hydrogens is 190 g/mol. The summed E-state index contributed by atoms with van der Waals surface area (Å²) in [6, 6.07) is 7.96. The quantitative estimate of drug-likeness (QED) is 0.630. The van der Waals surface area contributed by atoms with E-state index in [1.54, 1.807) is 0 Å². The predicted octanol–water partition coefficient (Wildman–Crippen LogP) is 0.959. The van der Waals surface area contributed by atoms with Gasteiger partial charge < -0.3 is 16.4 Å². The van der Waals surface area contributed by atoms with Crippen molar-refractivity contribution in [3.8, 4) is 0 Å². The Morgan fingerprint density at radius 3 is 3.00 bits per heavy atom. The molecule has 0 saturated carbocycles. The van der Waals surface area contributed by atoms with E-state index in [1.807, 2.05) is 24.3 Å². The Labute approximate surface area is 88.9 Å². The van der Waals surface area contributed by atoms with Crippen LogP contribution in [0.4, 0.5) is 11.4 Å². The summed E-state index contributed by atoms with van der Waals surface area (Å²) < 4.78 is 0. The van der Waals surface area contributed by atoms with Gasteiger partial charge in [-0.3, -0.25) is 4.79 Å². The summed E-state index contributed by atoms with van der Waals surface area (Å²) in [6.45, 7) is 0.688. The second-order valence-corrected chi connectivity index (χ2v) is 3.81. The average Bonchev–Trinajstić information content (AvgIpc) is 2.22. The average molecular weight is 205 g/mol. The van der Waals surface area contributed by atoms with Crippen molar-refractivity contribution in [2.45, 2.75) is 18.9 Å². The van der Waals surface area contributed by atoms with E-state index in [2.05, 4.69) is 10.6 Å². The normalized spacial score (nSPS) is 20.8. The topological polar surface area (TPSA) is 67.1 Å². The zero-order chi connectivity index (χ0) is 10.7. The molecule has 1 unspecified atom stereocenters. The number of anilines is 2. The van der Waals surface area contributed by atoms with E-state index in [-0.39, 0.29) is 5.91 Å². The Balaban J connectivity index is 1.94. The van der Waals surface area contributed by atoms with Crippen LogP contribution >= 0.6 is 0 Å². The summed E-state index contributed by atoms with van der Waals surface area (Å²) in [7, 11) is 0. The maximum absolute atomic E-state index is 11.0. The third kappa shape index (κ3) is 2.62. The van der Waals surface area contributed by atoms with E-state index < -0.39 is 0 Å². The first-order valence-corrected chi connectivity index (χ1v) is 5.13. The van der Waals surface area contributed by atoms with Gasteiger partial charge in [-0.1, -0.05) is 6.07 Å². The van der Waals surface area contributed by atoms with Gasteiger partial charge in [0.25, 0.3) is 0 Å². The highest BCUT2D eigenvalue weighted by molar-refractivity contribution is 5.77. The van der Waals surface area contributed by atoms with Gasteiger partial charge in [0.1, 0.15) is 0 Å². The highest BCUT2D eigenvalue weighted by atomic mass is 16.1. The second-order valence-electron chi connectivity index (χ2n) is 3.81. The molecule has 15 heavy (non-hydrogen) atoms. The van der Waals surface area contributed by atoms with E-state index in [0.29, 0.717) is 19.0 Å². The van der Waals surface area contributed by atoms with Gasteiger partial charge in [0.2, 0.25) is 5.91 Å². The molecule has 0 radical (unpaired) electrons. The van der Waals surface area contributed by atoms with E-state index in [0.717, 1.165) is 17.8 Å². The lowest BCUT2D eigenvalue weighted by Crippen LogP contribution is -2.41. The first-order chi connectivity index (χ1) is 7.24. The minimum Gasteiger partial charge on any atom is -0.399 e. The first-order valence-electron chi connectivity index (χ1n) is 5.13. The molecule has 1 aromatic rings. The van der Waals surface area contributed by atoms with Crippen LogP contribution in [0.5, 0.6) is 0 Å². The molecule has 4 N–H and O–H groups in total. The van der Waals surface area contributed by atoms with Crippen molar-refractivity contribution in [3.63, 3.8) is 0 Å². The third-order valence-electron chi connectivity index (χ3n) is 2.52. The molecule has 4 heteroatoms. The predicted molar refractivity (Wildman–Crippen MR) is 60.5 cm³/mol. The van der Waals surface area contributed by atoms with Gasteiger partial charge in [0.15, 0.2) is 0 Å². The molecule has 1 amide bonds. The molecule has 1 aromatic carbocycles. The van der Waals surface area contributed by atoms with Crippen LogP contribution in [0.2, 0.25) is 0 Å². The number of piperidine rings is 1. The van der Waals surface area contributed by atoms with Gasteiger partial charge in [0.05, 0.1) is 0 Å². The monoisotopic (exact) mass is 205 g/mol. The minimum atomic E-state index is 0.139. The zero-order valence-electron chi connectivity index (χ0n) is 8.49. The Morgan fingerprint density at radius 2 is 2.33 bits per heavy atom. The molecule has 0 spiro atoms. The molecule has 1 aliphatic heterocycles. The molecule has 0 aromatic heterocycles. The minimum absolute atomic E-state index is 0.139. The maximum Gasteiger partial charge on any atom is 0.220 e. The van der Waals surface area contributed by atoms with E-state index in [1.165, 1.54) is 0 Å². The van der Waals surface area contributed by atoms with Gasteiger partial charge in [-0.2, -0.15) is 0 Å². The van der Waals surface area contributed by atoms with Crippen LogP contribution in [0.3, 0.4) is 0 Å². The molecule has 0 aliphatic carbocycles. The van der Waals surface area contributed by atoms with Crippen molar-refractivity contribution < 1.29 is 4.79 Å². The van der Waals surface area contributed by atoms with Crippen LogP contribution < -0.4 is 16.4 Å². The van der Waals surface area contributed by atoms with Crippen molar-refractivity contribution in [3.05, 3.63) is 24.3 Å². The number of nitrogens with one attached hydrogen (secondary N) is 2. The largest absolute Gasteiger partial charge is 0.399 e. The summed E-state index contributed by atoms with van der Waals surface area (Å²) >= 11 is 0. The first kappa shape index (κ1) is 9.83. The summed E-state index contributed by atoms with van der Waals surface area (Å²) in [6.07, 6.45) is 1.47. The summed E-state index contributed by atoms with van der Waals surface area (Å²) in [5.74, 6) is 0.139. The highest BCUT2D eigenvalue weighted by Gasteiger charge is 2.17. The van der Waals surface area contributed by atoms with E-state index in [9.17, 15) is 4.79 Å². The number of carbonyl (C=O) groups is 1. The molecule has 1 fully saturated rings. The van der Waals surface area contributed by atoms with Crippen molar-refractivity contribution in [2.24, 2.45) is 0 Å². The molecule has 4 nitrogen and oxygen atoms in total. The molecule has 1 heterocycles. The molecule has 2 rings (SSSR count). The van der Waals surface area contributed by atoms with Gasteiger partial charge in [0, 0.05) is 30.4 Å². The maximum atomic E-state index is 11.0. The summed E-state index contributed by atoms with van der Waals surface area (Å²) in [5, 5.41) is 6.18. The zero-order valence-corrected chi connectivity index (χ0v) is 8.49. The number of amides is 1. The molecule has 1 atom stereocenters. The lowest BCUT2D eigenvalue weighted by atomic mass is 10.1. The number of hydrogen-bond donors (Lipinski definition) is 3. The van der Waals surface area contributed by atoms with E-state index >= 15 is 0 Å². The van der Waals surface area contributed by atoms with Crippen LogP contribution in [0, 0.1) is 0 Å². The number of nitrogen functional groups attached to an aromatic ring is 1. The van der Waals surface area contributed by atoms with Crippen LogP contribution in [0.1, 0.15) is 12.8 Å². The number of nitrogens with two attached hydrogens (primary N) is 1. The number of hydrogen-bond acceptors (Lipinski definition) is 3. The van der Waals surface area contributed by atoms with Crippen LogP contribution in [0.15, 0.2) is 24.3 Å². The Kier molecular flexibility index (Phi) is 2.76. The molecule has 1 aliphatic rings. The van der Waals surface area contributed by atoms with Crippen LogP contribution in [-0.2, 0) is 4.79 Å². The second kappa shape index (κ2) is 4.21. The highest BCUT2D eigenvalue weighted by Crippen LogP contribution is 2.15. The number of carbonyl (C=O) groups excluding carboxylic acids is 1. The molecular formula is C11H15N3O. The van der Waals surface area contributed by atoms with Gasteiger partial charge >= 0.3 is 0 Å². The van der Waals surface area contributed by atoms with Crippen molar-refractivity contribution in [2.75, 3.05) is 17.6 Å². The lowest BCUT2D eigenvalue weighted by molar-refractivity contribution is -0.122. The van der Waals surface area contributed by atoms with Crippen molar-refractivity contribution in [1.82, 2.24) is 5.32 Å². The molecule has 0 bridgehead atoms. The van der Waals surface area contributed by atoms with Gasteiger partial charge in [-0.05, 0) is 24.6 Å². The number of benzene rings is 1. The fourth-order valence-corrected chi connectivity index (χ4v) is 1.72. The molecule has 80 valence electrons. The van der Waals surface area contributed by atoms with Gasteiger partial charge in [-0.25, -0.2) is 0 Å². The fraction of sp³-hybridized carbons (Fsp3) is 0.364. The van der Waals surface area contributed by atoms with E-state index in [4.69, 9.17) is 5.73 Å². The third-order valence-corrected chi connectivity index (χ3v) is 2.52. The number of rotatable bonds is 2. The van der Waals surface area contributed by atoms with Crippen LogP contribution in [0.25, 0.3) is 0 Å². The van der Waals surface area contributed by atoms with Crippen molar-refractivity contribution in [1.29, 1.82) is 0 Å². The molecule has 1 saturated heterocycles. The fourth-order valence-electron chi connectivity index (χ4n) is 1.72. The summed E-state index contributed by atoms with van der Waals surface area (Å²) in [5.41, 5.74) is 7.44. The Morgan fingerprint density at radius 1 is 1.47 bits per heavy atom. The lowest BCUT2D eigenvalue weighted by Gasteiger charge is -2.24. The smallest absolute Gasteiger partial charge is 0.220 e. The summed E-state index contributed by atoms with van der Waals surface area (Å²) in [4.78, 5) is 11.0. The van der Waals surface area contributed by atoms with Crippen molar-refractivity contribution >= 4 is 17.3 Å².